The van der Waals surface area contributed by atoms with Gasteiger partial charge in [-0.2, -0.15) is 5.10 Å². The van der Waals surface area contributed by atoms with E-state index in [1.165, 1.54) is 12.1 Å². The first kappa shape index (κ1) is 18.4. The molecule has 0 unspecified atom stereocenters. The highest BCUT2D eigenvalue weighted by Crippen LogP contribution is 2.14. The quantitative estimate of drug-likeness (QED) is 0.630. The molecular formula is C19H18ClFN4S. The summed E-state index contributed by atoms with van der Waals surface area (Å²) in [7, 11) is 0. The lowest BCUT2D eigenvalue weighted by Gasteiger charge is -2.08. The first-order valence-corrected chi connectivity index (χ1v) is 8.86. The largest absolute Gasteiger partial charge is 0.358 e. The Morgan fingerprint density at radius 2 is 1.77 bits per heavy atom. The van der Waals surface area contributed by atoms with Crippen molar-refractivity contribution < 1.29 is 4.39 Å². The Labute approximate surface area is 162 Å². The predicted octanol–water partition coefficient (Wildman–Crippen LogP) is 4.52. The standard InChI is InChI=1S/C19H18ClFN4S/c1-13-10-18(24-25(13)12-15-2-6-16(20)7-3-15)23-19(26)22-11-14-4-8-17(21)9-5-14/h2-10H,11-12H2,1H3,(H2,22,23,24,26). The molecule has 3 rings (SSSR count). The lowest BCUT2D eigenvalue weighted by molar-refractivity contribution is 0.627. The van der Waals surface area contributed by atoms with E-state index in [1.807, 2.05) is 41.9 Å². The van der Waals surface area contributed by atoms with E-state index < -0.39 is 0 Å². The van der Waals surface area contributed by atoms with Crippen LogP contribution in [0.2, 0.25) is 5.02 Å². The molecule has 0 radical (unpaired) electrons. The minimum atomic E-state index is -0.254. The monoisotopic (exact) mass is 388 g/mol. The van der Waals surface area contributed by atoms with E-state index >= 15 is 0 Å². The number of aryl methyl sites for hydroxylation is 1. The number of benzene rings is 2. The van der Waals surface area contributed by atoms with Gasteiger partial charge in [-0.05, 0) is 54.5 Å². The van der Waals surface area contributed by atoms with Gasteiger partial charge >= 0.3 is 0 Å². The third-order valence-electron chi connectivity index (χ3n) is 3.83. The molecule has 0 aliphatic heterocycles. The van der Waals surface area contributed by atoms with Gasteiger partial charge in [0.25, 0.3) is 0 Å². The van der Waals surface area contributed by atoms with Crippen molar-refractivity contribution in [2.75, 3.05) is 5.32 Å². The van der Waals surface area contributed by atoms with Crippen LogP contribution in [-0.2, 0) is 13.1 Å². The minimum absolute atomic E-state index is 0.254. The van der Waals surface area contributed by atoms with Gasteiger partial charge in [-0.25, -0.2) is 4.39 Å². The number of hydrogen-bond acceptors (Lipinski definition) is 2. The highest BCUT2D eigenvalue weighted by atomic mass is 35.5. The van der Waals surface area contributed by atoms with Gasteiger partial charge in [0.1, 0.15) is 5.82 Å². The SMILES string of the molecule is Cc1cc(NC(=S)NCc2ccc(F)cc2)nn1Cc1ccc(Cl)cc1. The maximum Gasteiger partial charge on any atom is 0.172 e. The average molecular weight is 389 g/mol. The van der Waals surface area contributed by atoms with Gasteiger partial charge in [0, 0.05) is 23.3 Å². The Kier molecular flexibility index (Phi) is 5.85. The normalized spacial score (nSPS) is 10.6. The van der Waals surface area contributed by atoms with Crippen molar-refractivity contribution in [3.8, 4) is 0 Å². The summed E-state index contributed by atoms with van der Waals surface area (Å²) in [5.41, 5.74) is 3.08. The van der Waals surface area contributed by atoms with Crippen molar-refractivity contribution in [1.29, 1.82) is 0 Å². The predicted molar refractivity (Wildman–Crippen MR) is 107 cm³/mol. The van der Waals surface area contributed by atoms with Crippen molar-refractivity contribution in [3.63, 3.8) is 0 Å². The topological polar surface area (TPSA) is 41.9 Å². The molecule has 0 spiro atoms. The second-order valence-electron chi connectivity index (χ2n) is 5.89. The zero-order chi connectivity index (χ0) is 18.5. The number of anilines is 1. The molecule has 1 heterocycles. The fourth-order valence-corrected chi connectivity index (χ4v) is 2.74. The molecular weight excluding hydrogens is 371 g/mol. The third kappa shape index (κ3) is 5.03. The second-order valence-corrected chi connectivity index (χ2v) is 6.73. The molecule has 7 heteroatoms. The number of nitrogens with one attached hydrogen (secondary N) is 2. The number of halogens is 2. The van der Waals surface area contributed by atoms with Crippen LogP contribution in [0.3, 0.4) is 0 Å². The summed E-state index contributed by atoms with van der Waals surface area (Å²) >= 11 is 11.2. The smallest absolute Gasteiger partial charge is 0.172 e. The van der Waals surface area contributed by atoms with Crippen molar-refractivity contribution in [3.05, 3.63) is 82.3 Å². The van der Waals surface area contributed by atoms with E-state index in [9.17, 15) is 4.39 Å². The molecule has 3 aromatic rings. The molecule has 134 valence electrons. The van der Waals surface area contributed by atoms with E-state index in [4.69, 9.17) is 23.8 Å². The molecule has 0 aliphatic rings. The van der Waals surface area contributed by atoms with E-state index in [1.54, 1.807) is 12.1 Å². The van der Waals surface area contributed by atoms with Crippen LogP contribution in [0, 0.1) is 12.7 Å². The van der Waals surface area contributed by atoms with Crippen LogP contribution in [0.4, 0.5) is 10.2 Å². The highest BCUT2D eigenvalue weighted by Gasteiger charge is 2.07. The Hall–Kier alpha value is -2.44. The van der Waals surface area contributed by atoms with Crippen molar-refractivity contribution in [1.82, 2.24) is 15.1 Å². The number of nitrogens with zero attached hydrogens (tertiary/aromatic N) is 2. The summed E-state index contributed by atoms with van der Waals surface area (Å²) in [4.78, 5) is 0. The molecule has 0 aliphatic carbocycles. The van der Waals surface area contributed by atoms with Crippen molar-refractivity contribution in [2.24, 2.45) is 0 Å². The lowest BCUT2D eigenvalue weighted by Crippen LogP contribution is -2.28. The van der Waals surface area contributed by atoms with Crippen LogP contribution in [0.1, 0.15) is 16.8 Å². The van der Waals surface area contributed by atoms with Crippen LogP contribution in [0.5, 0.6) is 0 Å². The highest BCUT2D eigenvalue weighted by molar-refractivity contribution is 7.80. The maximum atomic E-state index is 12.9. The van der Waals surface area contributed by atoms with E-state index in [0.717, 1.165) is 16.8 Å². The van der Waals surface area contributed by atoms with Gasteiger partial charge in [0.15, 0.2) is 10.9 Å². The summed E-state index contributed by atoms with van der Waals surface area (Å²) in [6.45, 7) is 3.15. The molecule has 0 bridgehead atoms. The van der Waals surface area contributed by atoms with Gasteiger partial charge in [0.2, 0.25) is 0 Å². The Balaban J connectivity index is 1.57. The Bertz CT molecular complexity index is 891. The summed E-state index contributed by atoms with van der Waals surface area (Å²) in [5.74, 6) is 0.421. The van der Waals surface area contributed by atoms with Crippen LogP contribution >= 0.6 is 23.8 Å². The summed E-state index contributed by atoms with van der Waals surface area (Å²) < 4.78 is 14.8. The first-order valence-electron chi connectivity index (χ1n) is 8.08. The number of aromatic nitrogens is 2. The van der Waals surface area contributed by atoms with E-state index in [2.05, 4.69) is 15.7 Å². The number of rotatable bonds is 5. The van der Waals surface area contributed by atoms with Crippen LogP contribution in [0.25, 0.3) is 0 Å². The first-order chi connectivity index (χ1) is 12.5. The molecule has 0 atom stereocenters. The maximum absolute atomic E-state index is 12.9. The van der Waals surface area contributed by atoms with Gasteiger partial charge in [-0.3, -0.25) is 4.68 Å². The van der Waals surface area contributed by atoms with E-state index in [-0.39, 0.29) is 5.82 Å². The van der Waals surface area contributed by atoms with Gasteiger partial charge in [-0.1, -0.05) is 35.9 Å². The Morgan fingerprint density at radius 3 is 2.46 bits per heavy atom. The molecule has 0 amide bonds. The summed E-state index contributed by atoms with van der Waals surface area (Å²) in [6, 6.07) is 15.9. The molecule has 4 nitrogen and oxygen atoms in total. The molecule has 0 fully saturated rings. The molecule has 0 saturated heterocycles. The van der Waals surface area contributed by atoms with Crippen LogP contribution in [0.15, 0.2) is 54.6 Å². The van der Waals surface area contributed by atoms with Gasteiger partial charge in [0.05, 0.1) is 6.54 Å². The molecule has 26 heavy (non-hydrogen) atoms. The van der Waals surface area contributed by atoms with Gasteiger partial charge in [-0.15, -0.1) is 0 Å². The third-order valence-corrected chi connectivity index (χ3v) is 4.33. The fourth-order valence-electron chi connectivity index (χ4n) is 2.44. The molecule has 0 saturated carbocycles. The minimum Gasteiger partial charge on any atom is -0.358 e. The average Bonchev–Trinajstić information content (AvgIpc) is 2.95. The van der Waals surface area contributed by atoms with Crippen LogP contribution < -0.4 is 10.6 Å². The number of hydrogen-bond donors (Lipinski definition) is 2. The van der Waals surface area contributed by atoms with Gasteiger partial charge < -0.3 is 10.6 Å². The van der Waals surface area contributed by atoms with Crippen LogP contribution in [-0.4, -0.2) is 14.9 Å². The van der Waals surface area contributed by atoms with E-state index in [0.29, 0.717) is 29.0 Å². The van der Waals surface area contributed by atoms with Crippen molar-refractivity contribution >= 4 is 34.7 Å². The van der Waals surface area contributed by atoms with Crippen molar-refractivity contribution in [2.45, 2.75) is 20.0 Å². The number of thiocarbonyl (C=S) groups is 1. The molecule has 2 aromatic carbocycles. The summed E-state index contributed by atoms with van der Waals surface area (Å²) in [5, 5.41) is 11.9. The second kappa shape index (κ2) is 8.29. The molecule has 2 N–H and O–H groups in total. The summed E-state index contributed by atoms with van der Waals surface area (Å²) in [6.07, 6.45) is 0. The Morgan fingerprint density at radius 1 is 1.12 bits per heavy atom. The molecule has 1 aromatic heterocycles. The fraction of sp³-hybridized carbons (Fsp3) is 0.158. The lowest BCUT2D eigenvalue weighted by atomic mass is 10.2. The zero-order valence-corrected chi connectivity index (χ0v) is 15.7. The zero-order valence-electron chi connectivity index (χ0n) is 14.2.